The number of ether oxygens (including phenoxy) is 2. The second kappa shape index (κ2) is 8.27. The fourth-order valence-corrected chi connectivity index (χ4v) is 3.30. The molecule has 0 saturated carbocycles. The van der Waals surface area contributed by atoms with Crippen LogP contribution < -0.4 is 14.4 Å². The van der Waals surface area contributed by atoms with E-state index in [1.807, 2.05) is 69.6 Å². The van der Waals surface area contributed by atoms with Gasteiger partial charge in [0.2, 0.25) is 5.78 Å². The van der Waals surface area contributed by atoms with Crippen molar-refractivity contribution in [1.29, 1.82) is 0 Å². The Bertz CT molecular complexity index is 932. The lowest BCUT2D eigenvalue weighted by atomic mass is 10.0. The molecule has 142 valence electrons. The predicted octanol–water partition coefficient (Wildman–Crippen LogP) is 2.86. The van der Waals surface area contributed by atoms with Gasteiger partial charge in [-0.25, -0.2) is 0 Å². The molecule has 0 aliphatic heterocycles. The number of quaternary nitrogens is 1. The minimum Gasteiger partial charge on any atom is -0.493 e. The molecule has 1 unspecified atom stereocenters. The van der Waals surface area contributed by atoms with Crippen LogP contribution in [0, 0.1) is 0 Å². The van der Waals surface area contributed by atoms with Crippen LogP contribution in [0.15, 0.2) is 48.7 Å². The molecule has 0 fully saturated rings. The Balaban J connectivity index is 1.75. The number of carbonyl (C=O) groups excluding carboxylic acids is 1. The summed E-state index contributed by atoms with van der Waals surface area (Å²) in [6.45, 7) is 5.24. The van der Waals surface area contributed by atoms with E-state index in [4.69, 9.17) is 9.47 Å². The molecule has 3 rings (SSSR count). The highest BCUT2D eigenvalue weighted by Crippen LogP contribution is 2.27. The molecule has 2 N–H and O–H groups in total. The zero-order valence-electron chi connectivity index (χ0n) is 16.3. The monoisotopic (exact) mass is 367 g/mol. The number of benzene rings is 2. The fourth-order valence-electron chi connectivity index (χ4n) is 3.30. The number of hydrogen-bond donors (Lipinski definition) is 2. The number of para-hydroxylation sites is 1. The Morgan fingerprint density at radius 1 is 1.19 bits per heavy atom. The molecule has 0 spiro atoms. The van der Waals surface area contributed by atoms with Gasteiger partial charge < -0.3 is 19.4 Å². The molecule has 5 heteroatoms. The van der Waals surface area contributed by atoms with Gasteiger partial charge in [-0.05, 0) is 38.1 Å². The first-order valence-corrected chi connectivity index (χ1v) is 9.27. The topological polar surface area (TPSA) is 55.8 Å². The van der Waals surface area contributed by atoms with Crippen LogP contribution >= 0.6 is 0 Å². The third-order valence-electron chi connectivity index (χ3n) is 5.00. The van der Waals surface area contributed by atoms with Crippen LogP contribution in [-0.2, 0) is 6.54 Å². The van der Waals surface area contributed by atoms with E-state index in [9.17, 15) is 4.79 Å². The fraction of sp³-hybridized carbons (Fsp3) is 0.318. The van der Waals surface area contributed by atoms with Gasteiger partial charge in [0, 0.05) is 28.2 Å². The number of ketones is 1. The highest BCUT2D eigenvalue weighted by atomic mass is 16.5. The maximum absolute atomic E-state index is 13.0. The largest absolute Gasteiger partial charge is 0.493 e. The lowest BCUT2D eigenvalue weighted by Crippen LogP contribution is -3.12. The molecule has 5 nitrogen and oxygen atoms in total. The van der Waals surface area contributed by atoms with E-state index >= 15 is 0 Å². The zero-order valence-corrected chi connectivity index (χ0v) is 16.3. The molecule has 27 heavy (non-hydrogen) atoms. The number of aromatic amines is 1. The highest BCUT2D eigenvalue weighted by molar-refractivity contribution is 6.09. The molecule has 0 radical (unpaired) electrons. The van der Waals surface area contributed by atoms with Crippen molar-refractivity contribution in [1.82, 2.24) is 4.98 Å². The van der Waals surface area contributed by atoms with Crippen molar-refractivity contribution in [3.05, 3.63) is 59.8 Å². The summed E-state index contributed by atoms with van der Waals surface area (Å²) in [6.07, 6.45) is 1.82. The van der Waals surface area contributed by atoms with E-state index in [0.29, 0.717) is 6.61 Å². The van der Waals surface area contributed by atoms with E-state index in [1.165, 1.54) is 0 Å². The van der Waals surface area contributed by atoms with Crippen molar-refractivity contribution in [2.75, 3.05) is 20.8 Å². The maximum atomic E-state index is 13.0. The Labute approximate surface area is 159 Å². The summed E-state index contributed by atoms with van der Waals surface area (Å²) in [4.78, 5) is 17.3. The summed E-state index contributed by atoms with van der Waals surface area (Å²) in [5, 5.41) is 0.977. The van der Waals surface area contributed by atoms with Gasteiger partial charge in [0.05, 0.1) is 20.8 Å². The molecule has 1 heterocycles. The minimum atomic E-state index is -0.165. The summed E-state index contributed by atoms with van der Waals surface area (Å²) in [5.41, 5.74) is 2.84. The van der Waals surface area contributed by atoms with E-state index < -0.39 is 0 Å². The SMILES string of the molecule is CCOc1ccc(C[NH+](C)[C@@H](C)C(=O)c2c[nH]c3ccccc23)cc1OC. The molecule has 2 aromatic carbocycles. The zero-order chi connectivity index (χ0) is 19.4. The van der Waals surface area contributed by atoms with E-state index in [1.54, 1.807) is 7.11 Å². The minimum absolute atomic E-state index is 0.142. The number of likely N-dealkylation sites (N-methyl/N-ethyl adjacent to an activating group) is 1. The first kappa shape index (κ1) is 19.0. The van der Waals surface area contributed by atoms with Crippen molar-refractivity contribution in [2.24, 2.45) is 0 Å². The summed E-state index contributed by atoms with van der Waals surface area (Å²) in [7, 11) is 3.68. The number of hydrogen-bond acceptors (Lipinski definition) is 3. The molecule has 2 atom stereocenters. The first-order valence-electron chi connectivity index (χ1n) is 9.27. The number of fused-ring (bicyclic) bond motifs is 1. The number of nitrogens with one attached hydrogen (secondary N) is 2. The summed E-state index contributed by atoms with van der Waals surface area (Å²) >= 11 is 0. The van der Waals surface area contributed by atoms with Crippen LogP contribution in [0.5, 0.6) is 11.5 Å². The average Bonchev–Trinajstić information content (AvgIpc) is 3.12. The van der Waals surface area contributed by atoms with Crippen LogP contribution in [0.4, 0.5) is 0 Å². The van der Waals surface area contributed by atoms with Crippen molar-refractivity contribution < 1.29 is 19.2 Å². The lowest BCUT2D eigenvalue weighted by Gasteiger charge is -2.21. The van der Waals surface area contributed by atoms with Gasteiger partial charge in [0.15, 0.2) is 11.5 Å². The number of Topliss-reactive ketones (excluding diaryl/α,β-unsaturated/α-hetero) is 1. The van der Waals surface area contributed by atoms with Gasteiger partial charge >= 0.3 is 0 Å². The van der Waals surface area contributed by atoms with Gasteiger partial charge in [0.25, 0.3) is 0 Å². The van der Waals surface area contributed by atoms with Crippen molar-refractivity contribution in [3.63, 3.8) is 0 Å². The number of methoxy groups -OCH3 is 1. The number of carbonyl (C=O) groups is 1. The van der Waals surface area contributed by atoms with Crippen LogP contribution in [0.25, 0.3) is 10.9 Å². The van der Waals surface area contributed by atoms with Gasteiger partial charge in [0.1, 0.15) is 12.6 Å². The molecular formula is C22H27N2O3+. The summed E-state index contributed by atoms with van der Waals surface area (Å²) in [5.74, 6) is 1.60. The van der Waals surface area contributed by atoms with Crippen LogP contribution in [0.2, 0.25) is 0 Å². The average molecular weight is 367 g/mol. The van der Waals surface area contributed by atoms with Crippen molar-refractivity contribution in [2.45, 2.75) is 26.4 Å². The molecule has 3 aromatic rings. The Hall–Kier alpha value is -2.79. The van der Waals surface area contributed by atoms with Crippen LogP contribution in [-0.4, -0.2) is 37.6 Å². The normalized spacial score (nSPS) is 13.3. The first-order chi connectivity index (χ1) is 13.0. The Morgan fingerprint density at radius 3 is 2.70 bits per heavy atom. The standard InChI is InChI=1S/C22H26N2O3/c1-5-27-20-11-10-16(12-21(20)26-4)14-24(3)15(2)22(25)18-13-23-19-9-7-6-8-17(18)19/h6-13,15,23H,5,14H2,1-4H3/p+1/t15-/m0/s1. The smallest absolute Gasteiger partial charge is 0.221 e. The van der Waals surface area contributed by atoms with Crippen molar-refractivity contribution >= 4 is 16.7 Å². The van der Waals surface area contributed by atoms with Crippen LogP contribution in [0.1, 0.15) is 29.8 Å². The van der Waals surface area contributed by atoms with Gasteiger partial charge in [-0.15, -0.1) is 0 Å². The van der Waals surface area contributed by atoms with Crippen molar-refractivity contribution in [3.8, 4) is 11.5 Å². The third-order valence-corrected chi connectivity index (χ3v) is 5.00. The van der Waals surface area contributed by atoms with Gasteiger partial charge in [-0.2, -0.15) is 0 Å². The van der Waals surface area contributed by atoms with Gasteiger partial charge in [-0.3, -0.25) is 4.79 Å². The van der Waals surface area contributed by atoms with E-state index in [-0.39, 0.29) is 11.8 Å². The quantitative estimate of drug-likeness (QED) is 0.602. The number of rotatable bonds is 8. The second-order valence-electron chi connectivity index (χ2n) is 6.78. The predicted molar refractivity (Wildman–Crippen MR) is 107 cm³/mol. The molecule has 0 aliphatic carbocycles. The Kier molecular flexibility index (Phi) is 5.81. The molecule has 1 aromatic heterocycles. The second-order valence-corrected chi connectivity index (χ2v) is 6.78. The molecule has 0 saturated heterocycles. The molecule has 0 aliphatic rings. The highest BCUT2D eigenvalue weighted by Gasteiger charge is 2.25. The van der Waals surface area contributed by atoms with Crippen LogP contribution in [0.3, 0.4) is 0 Å². The third kappa shape index (κ3) is 3.98. The number of aromatic nitrogens is 1. The van der Waals surface area contributed by atoms with E-state index in [0.717, 1.165) is 45.0 Å². The lowest BCUT2D eigenvalue weighted by molar-refractivity contribution is -0.907. The molecular weight excluding hydrogens is 340 g/mol. The maximum Gasteiger partial charge on any atom is 0.221 e. The summed E-state index contributed by atoms with van der Waals surface area (Å²) < 4.78 is 11.0. The molecule has 0 amide bonds. The van der Waals surface area contributed by atoms with E-state index in [2.05, 4.69) is 4.98 Å². The number of H-pyrrole nitrogens is 1. The molecule has 0 bridgehead atoms. The van der Waals surface area contributed by atoms with Gasteiger partial charge in [-0.1, -0.05) is 18.2 Å². The Morgan fingerprint density at radius 2 is 1.96 bits per heavy atom. The summed E-state index contributed by atoms with van der Waals surface area (Å²) in [6, 6.07) is 13.7.